The maximum Gasteiger partial charge on any atom is 0.217 e. The molecule has 3 nitrogen and oxygen atoms in total. The zero-order valence-electron chi connectivity index (χ0n) is 13.1. The van der Waals surface area contributed by atoms with Crippen LogP contribution in [0.5, 0.6) is 0 Å². The van der Waals surface area contributed by atoms with E-state index in [1.165, 1.54) is 0 Å². The Hall–Kier alpha value is -0.263. The highest BCUT2D eigenvalue weighted by molar-refractivity contribution is 7.99. The SMILES string of the molecule is CS[C@H]1C=C[C@@H](NC(C)=O)[C@@H]1O[Si](C)(C)C(C)(C)C. The fraction of sp³-hybridized carbons (Fsp3) is 0.786. The standard InChI is InChI=1S/C14H27NO2SSi/c1-10(16)15-11-8-9-12(18-5)13(11)17-19(6,7)14(2,3)4/h8-9,11-13H,1-7H3,(H,15,16)/t11-,12+,13+/m1/s1. The van der Waals surface area contributed by atoms with Crippen LogP contribution >= 0.6 is 11.8 Å². The summed E-state index contributed by atoms with van der Waals surface area (Å²) in [6, 6.07) is 0.00377. The van der Waals surface area contributed by atoms with Crippen LogP contribution in [0.2, 0.25) is 18.1 Å². The molecule has 0 aromatic rings. The predicted octanol–water partition coefficient (Wildman–Crippen LogP) is 3.18. The monoisotopic (exact) mass is 301 g/mol. The molecule has 110 valence electrons. The van der Waals surface area contributed by atoms with Gasteiger partial charge in [-0.1, -0.05) is 32.9 Å². The first-order valence-electron chi connectivity index (χ1n) is 6.74. The van der Waals surface area contributed by atoms with Gasteiger partial charge >= 0.3 is 0 Å². The van der Waals surface area contributed by atoms with Crippen molar-refractivity contribution in [1.82, 2.24) is 5.32 Å². The lowest BCUT2D eigenvalue weighted by Crippen LogP contribution is -2.52. The summed E-state index contributed by atoms with van der Waals surface area (Å²) < 4.78 is 6.52. The minimum Gasteiger partial charge on any atom is -0.410 e. The smallest absolute Gasteiger partial charge is 0.217 e. The van der Waals surface area contributed by atoms with Gasteiger partial charge in [-0.15, -0.1) is 0 Å². The molecule has 0 aromatic heterocycles. The van der Waals surface area contributed by atoms with Crippen LogP contribution in [0.4, 0.5) is 0 Å². The molecular weight excluding hydrogens is 274 g/mol. The number of amides is 1. The molecule has 0 bridgehead atoms. The summed E-state index contributed by atoms with van der Waals surface area (Å²) in [6.07, 6.45) is 6.37. The molecule has 0 saturated carbocycles. The van der Waals surface area contributed by atoms with Crippen LogP contribution in [0.15, 0.2) is 12.2 Å². The van der Waals surface area contributed by atoms with Gasteiger partial charge < -0.3 is 9.74 Å². The summed E-state index contributed by atoms with van der Waals surface area (Å²) in [5, 5.41) is 3.49. The second-order valence-electron chi connectivity index (χ2n) is 6.65. The lowest BCUT2D eigenvalue weighted by Gasteiger charge is -2.41. The first-order chi connectivity index (χ1) is 8.58. The highest BCUT2D eigenvalue weighted by Crippen LogP contribution is 2.39. The Morgan fingerprint density at radius 3 is 2.32 bits per heavy atom. The van der Waals surface area contributed by atoms with E-state index in [1.54, 1.807) is 18.7 Å². The van der Waals surface area contributed by atoms with Crippen LogP contribution in [0.1, 0.15) is 27.7 Å². The molecule has 0 radical (unpaired) electrons. The van der Waals surface area contributed by atoms with E-state index in [1.807, 2.05) is 0 Å². The number of rotatable bonds is 4. The third-order valence-electron chi connectivity index (χ3n) is 4.06. The lowest BCUT2D eigenvalue weighted by molar-refractivity contribution is -0.119. The zero-order chi connectivity index (χ0) is 14.8. The van der Waals surface area contributed by atoms with Crippen LogP contribution in [0, 0.1) is 0 Å². The van der Waals surface area contributed by atoms with Crippen molar-refractivity contribution >= 4 is 26.0 Å². The van der Waals surface area contributed by atoms with Gasteiger partial charge in [-0.05, 0) is 24.4 Å². The first-order valence-corrected chi connectivity index (χ1v) is 10.9. The number of carbonyl (C=O) groups is 1. The van der Waals surface area contributed by atoms with Crippen LogP contribution in [-0.2, 0) is 9.22 Å². The molecule has 0 spiro atoms. The van der Waals surface area contributed by atoms with Crippen molar-refractivity contribution in [2.24, 2.45) is 0 Å². The quantitative estimate of drug-likeness (QED) is 0.640. The van der Waals surface area contributed by atoms with Crippen LogP contribution in [0.3, 0.4) is 0 Å². The summed E-state index contributed by atoms with van der Waals surface area (Å²) in [4.78, 5) is 11.3. The molecule has 0 aromatic carbocycles. The summed E-state index contributed by atoms with van der Waals surface area (Å²) in [7, 11) is -1.83. The molecule has 0 unspecified atom stereocenters. The maximum absolute atomic E-state index is 11.3. The molecule has 1 N–H and O–H groups in total. The average molecular weight is 302 g/mol. The van der Waals surface area contributed by atoms with E-state index in [-0.39, 0.29) is 23.1 Å². The molecule has 3 atom stereocenters. The Kier molecular flexibility index (Phi) is 5.32. The van der Waals surface area contributed by atoms with Gasteiger partial charge in [-0.2, -0.15) is 11.8 Å². The second kappa shape index (κ2) is 6.02. The van der Waals surface area contributed by atoms with Gasteiger partial charge in [0.2, 0.25) is 5.91 Å². The molecule has 1 rings (SSSR count). The third-order valence-corrected chi connectivity index (χ3v) is 9.51. The second-order valence-corrected chi connectivity index (χ2v) is 12.4. The number of hydrogen-bond donors (Lipinski definition) is 1. The van der Waals surface area contributed by atoms with E-state index < -0.39 is 8.32 Å². The number of nitrogens with one attached hydrogen (secondary N) is 1. The average Bonchev–Trinajstić information content (AvgIpc) is 2.58. The van der Waals surface area contributed by atoms with Gasteiger partial charge in [0, 0.05) is 12.2 Å². The minimum absolute atomic E-state index is 0.000217. The van der Waals surface area contributed by atoms with E-state index in [0.29, 0.717) is 5.25 Å². The highest BCUT2D eigenvalue weighted by Gasteiger charge is 2.43. The largest absolute Gasteiger partial charge is 0.410 e. The van der Waals surface area contributed by atoms with E-state index in [0.717, 1.165) is 0 Å². The summed E-state index contributed by atoms with van der Waals surface area (Å²) in [6.45, 7) is 12.8. The fourth-order valence-electron chi connectivity index (χ4n) is 1.89. The molecule has 0 saturated heterocycles. The summed E-state index contributed by atoms with van der Waals surface area (Å²) in [5.41, 5.74) is 0. The van der Waals surface area contributed by atoms with Crippen molar-refractivity contribution < 1.29 is 9.22 Å². The first kappa shape index (κ1) is 16.8. The van der Waals surface area contributed by atoms with Gasteiger partial charge in [0.25, 0.3) is 0 Å². The molecule has 5 heteroatoms. The maximum atomic E-state index is 11.3. The minimum atomic E-state index is -1.83. The molecule has 0 fully saturated rings. The van der Waals surface area contributed by atoms with Crippen molar-refractivity contribution in [3.05, 3.63) is 12.2 Å². The number of hydrogen-bond acceptors (Lipinski definition) is 3. The van der Waals surface area contributed by atoms with Crippen LogP contribution in [-0.4, -0.2) is 37.9 Å². The normalized spacial score (nSPS) is 27.6. The Morgan fingerprint density at radius 2 is 1.89 bits per heavy atom. The Labute approximate surface area is 122 Å². The van der Waals surface area contributed by atoms with E-state index in [4.69, 9.17) is 4.43 Å². The predicted molar refractivity (Wildman–Crippen MR) is 86.1 cm³/mol. The molecular formula is C14H27NO2SSi. The highest BCUT2D eigenvalue weighted by atomic mass is 32.2. The van der Waals surface area contributed by atoms with Crippen LogP contribution < -0.4 is 5.32 Å². The van der Waals surface area contributed by atoms with Crippen molar-refractivity contribution in [2.45, 2.75) is 63.2 Å². The van der Waals surface area contributed by atoms with Crippen molar-refractivity contribution in [1.29, 1.82) is 0 Å². The van der Waals surface area contributed by atoms with Gasteiger partial charge in [0.15, 0.2) is 8.32 Å². The Morgan fingerprint density at radius 1 is 1.32 bits per heavy atom. The third kappa shape index (κ3) is 4.10. The van der Waals surface area contributed by atoms with Gasteiger partial charge in [0.05, 0.1) is 12.1 Å². The van der Waals surface area contributed by atoms with E-state index >= 15 is 0 Å². The molecule has 0 aliphatic heterocycles. The van der Waals surface area contributed by atoms with E-state index in [9.17, 15) is 4.79 Å². The molecule has 19 heavy (non-hydrogen) atoms. The zero-order valence-corrected chi connectivity index (χ0v) is 14.9. The van der Waals surface area contributed by atoms with Gasteiger partial charge in [-0.25, -0.2) is 0 Å². The number of thioether (sulfide) groups is 1. The Balaban J connectivity index is 2.85. The van der Waals surface area contributed by atoms with E-state index in [2.05, 4.69) is 57.6 Å². The van der Waals surface area contributed by atoms with Gasteiger partial charge in [-0.3, -0.25) is 4.79 Å². The Bertz CT molecular complexity index is 363. The summed E-state index contributed by atoms with van der Waals surface area (Å²) >= 11 is 1.78. The molecule has 1 aliphatic carbocycles. The van der Waals surface area contributed by atoms with Gasteiger partial charge in [0.1, 0.15) is 0 Å². The molecule has 0 heterocycles. The molecule has 1 aliphatic rings. The molecule has 1 amide bonds. The topological polar surface area (TPSA) is 38.3 Å². The van der Waals surface area contributed by atoms with Crippen molar-refractivity contribution in [2.75, 3.05) is 6.26 Å². The van der Waals surface area contributed by atoms with Crippen LogP contribution in [0.25, 0.3) is 0 Å². The van der Waals surface area contributed by atoms with Crippen molar-refractivity contribution in [3.8, 4) is 0 Å². The lowest BCUT2D eigenvalue weighted by atomic mass is 10.2. The summed E-state index contributed by atoms with van der Waals surface area (Å²) in [5.74, 6) is 0.000217. The number of carbonyl (C=O) groups excluding carboxylic acids is 1. The fourth-order valence-corrected chi connectivity index (χ4v) is 4.05. The van der Waals surface area contributed by atoms with Crippen molar-refractivity contribution in [3.63, 3.8) is 0 Å².